The summed E-state index contributed by atoms with van der Waals surface area (Å²) < 4.78 is 0. The molecule has 0 aromatic heterocycles. The van der Waals surface area contributed by atoms with Crippen LogP contribution in [0.5, 0.6) is 0 Å². The first kappa shape index (κ1) is 18.2. The molecule has 1 amide bonds. The lowest BCUT2D eigenvalue weighted by Crippen LogP contribution is -2.43. The van der Waals surface area contributed by atoms with Crippen LogP contribution in [0.1, 0.15) is 19.8 Å². The number of carbonyl (C=O) groups is 2. The summed E-state index contributed by atoms with van der Waals surface area (Å²) in [5.74, 6) is -0.729. The standard InChI is InChI=1S/C9H15NO3S.2ClH/c1-6(5-14)8(11)10-4-2-3-7(10)9(12)13;;/h6-7,14H,2-5H2,1H3,(H,12,13);2*1H/t6-,7+;;/m1../s1. The predicted octanol–water partition coefficient (Wildman–Crippen LogP) is 1.47. The third kappa shape index (κ3) is 4.03. The van der Waals surface area contributed by atoms with E-state index in [1.54, 1.807) is 6.92 Å². The minimum Gasteiger partial charge on any atom is -0.480 e. The highest BCUT2D eigenvalue weighted by Crippen LogP contribution is 2.20. The van der Waals surface area contributed by atoms with Crippen LogP contribution in [0.4, 0.5) is 0 Å². The van der Waals surface area contributed by atoms with Crippen molar-refractivity contribution in [2.45, 2.75) is 25.8 Å². The van der Waals surface area contributed by atoms with Crippen LogP contribution in [-0.2, 0) is 9.59 Å². The molecule has 7 heteroatoms. The molecule has 0 spiro atoms. The van der Waals surface area contributed by atoms with Crippen LogP contribution in [0.2, 0.25) is 0 Å². The fourth-order valence-corrected chi connectivity index (χ4v) is 1.80. The molecule has 0 bridgehead atoms. The number of nitrogens with zero attached hydrogens (tertiary/aromatic N) is 1. The summed E-state index contributed by atoms with van der Waals surface area (Å²) in [7, 11) is 0. The number of halogens is 2. The zero-order valence-corrected chi connectivity index (χ0v) is 11.5. The molecule has 1 aliphatic rings. The highest BCUT2D eigenvalue weighted by Gasteiger charge is 2.35. The van der Waals surface area contributed by atoms with Gasteiger partial charge in [-0.25, -0.2) is 4.79 Å². The zero-order valence-electron chi connectivity index (χ0n) is 8.96. The molecular formula is C9H17Cl2NO3S. The van der Waals surface area contributed by atoms with Gasteiger partial charge in [-0.15, -0.1) is 24.8 Å². The van der Waals surface area contributed by atoms with E-state index in [2.05, 4.69) is 12.6 Å². The molecular weight excluding hydrogens is 273 g/mol. The Labute approximate surface area is 113 Å². The van der Waals surface area contributed by atoms with Crippen molar-refractivity contribution in [2.24, 2.45) is 5.92 Å². The van der Waals surface area contributed by atoms with Crippen molar-refractivity contribution < 1.29 is 14.7 Å². The van der Waals surface area contributed by atoms with Crippen LogP contribution < -0.4 is 0 Å². The largest absolute Gasteiger partial charge is 0.480 e. The van der Waals surface area contributed by atoms with E-state index >= 15 is 0 Å². The monoisotopic (exact) mass is 289 g/mol. The van der Waals surface area contributed by atoms with Crippen molar-refractivity contribution in [1.82, 2.24) is 4.90 Å². The van der Waals surface area contributed by atoms with Crippen LogP contribution in [0, 0.1) is 5.92 Å². The number of thiol groups is 1. The smallest absolute Gasteiger partial charge is 0.326 e. The number of carbonyl (C=O) groups excluding carboxylic acids is 1. The Morgan fingerprint density at radius 2 is 2.06 bits per heavy atom. The first-order chi connectivity index (χ1) is 6.57. The Hall–Kier alpha value is -0.130. The normalized spacial score (nSPS) is 20.6. The third-order valence-corrected chi connectivity index (χ3v) is 3.06. The first-order valence-corrected chi connectivity index (χ1v) is 5.35. The number of amides is 1. The van der Waals surface area contributed by atoms with Crippen LogP contribution in [0.25, 0.3) is 0 Å². The lowest BCUT2D eigenvalue weighted by atomic mass is 10.1. The number of carboxylic acid groups (broad SMARTS) is 1. The Bertz CT molecular complexity index is 253. The van der Waals surface area contributed by atoms with Gasteiger partial charge in [0.05, 0.1) is 0 Å². The van der Waals surface area contributed by atoms with E-state index in [0.717, 1.165) is 6.42 Å². The minimum atomic E-state index is -0.901. The second kappa shape index (κ2) is 8.03. The molecule has 0 radical (unpaired) electrons. The second-order valence-corrected chi connectivity index (χ2v) is 3.98. The minimum absolute atomic E-state index is 0. The van der Waals surface area contributed by atoms with Crippen molar-refractivity contribution in [1.29, 1.82) is 0 Å². The number of likely N-dealkylation sites (tertiary alicyclic amines) is 1. The molecule has 4 nitrogen and oxygen atoms in total. The first-order valence-electron chi connectivity index (χ1n) is 4.72. The van der Waals surface area contributed by atoms with Gasteiger partial charge in [-0.1, -0.05) is 6.92 Å². The van der Waals surface area contributed by atoms with E-state index in [-0.39, 0.29) is 36.6 Å². The van der Waals surface area contributed by atoms with Crippen molar-refractivity contribution >= 4 is 49.3 Å². The average Bonchev–Trinajstić information content (AvgIpc) is 2.63. The molecule has 0 saturated carbocycles. The Morgan fingerprint density at radius 3 is 2.50 bits per heavy atom. The van der Waals surface area contributed by atoms with Crippen LogP contribution in [0.15, 0.2) is 0 Å². The number of hydrogen-bond acceptors (Lipinski definition) is 3. The van der Waals surface area contributed by atoms with E-state index in [0.29, 0.717) is 18.7 Å². The Kier molecular flexibility index (Phi) is 9.16. The van der Waals surface area contributed by atoms with Gasteiger partial charge in [0, 0.05) is 18.2 Å². The fourth-order valence-electron chi connectivity index (χ4n) is 1.65. The number of aliphatic carboxylic acids is 1. The van der Waals surface area contributed by atoms with Crippen molar-refractivity contribution in [3.63, 3.8) is 0 Å². The maximum absolute atomic E-state index is 11.7. The van der Waals surface area contributed by atoms with Gasteiger partial charge in [0.15, 0.2) is 0 Å². The van der Waals surface area contributed by atoms with E-state index in [1.807, 2.05) is 0 Å². The maximum atomic E-state index is 11.7. The van der Waals surface area contributed by atoms with Crippen molar-refractivity contribution in [2.75, 3.05) is 12.3 Å². The molecule has 1 aliphatic heterocycles. The van der Waals surface area contributed by atoms with Crippen LogP contribution in [0.3, 0.4) is 0 Å². The summed E-state index contributed by atoms with van der Waals surface area (Å²) >= 11 is 4.03. The second-order valence-electron chi connectivity index (χ2n) is 3.61. The van der Waals surface area contributed by atoms with Gasteiger partial charge in [0.1, 0.15) is 6.04 Å². The van der Waals surface area contributed by atoms with Gasteiger partial charge in [0.2, 0.25) is 5.91 Å². The van der Waals surface area contributed by atoms with E-state index in [4.69, 9.17) is 5.11 Å². The SMILES string of the molecule is C[C@H](CS)C(=O)N1CCC[C@H]1C(=O)O.Cl.Cl. The summed E-state index contributed by atoms with van der Waals surface area (Å²) in [5, 5.41) is 8.87. The Balaban J connectivity index is 0. The van der Waals surface area contributed by atoms with Gasteiger partial charge >= 0.3 is 5.97 Å². The molecule has 96 valence electrons. The molecule has 1 fully saturated rings. The van der Waals surface area contributed by atoms with Gasteiger partial charge in [-0.05, 0) is 12.8 Å². The highest BCUT2D eigenvalue weighted by atomic mass is 35.5. The predicted molar refractivity (Wildman–Crippen MR) is 69.9 cm³/mol. The van der Waals surface area contributed by atoms with Crippen molar-refractivity contribution in [3.05, 3.63) is 0 Å². The van der Waals surface area contributed by atoms with Crippen molar-refractivity contribution in [3.8, 4) is 0 Å². The van der Waals surface area contributed by atoms with Gasteiger partial charge in [-0.2, -0.15) is 12.6 Å². The maximum Gasteiger partial charge on any atom is 0.326 e. The molecule has 0 aromatic rings. The Morgan fingerprint density at radius 1 is 1.50 bits per heavy atom. The molecule has 0 aromatic carbocycles. The number of carboxylic acids is 1. The van der Waals surface area contributed by atoms with Crippen LogP contribution >= 0.6 is 37.4 Å². The summed E-state index contributed by atoms with van der Waals surface area (Å²) in [6, 6.07) is -0.621. The lowest BCUT2D eigenvalue weighted by molar-refractivity contribution is -0.149. The average molecular weight is 290 g/mol. The summed E-state index contributed by atoms with van der Waals surface area (Å²) in [6.07, 6.45) is 1.35. The summed E-state index contributed by atoms with van der Waals surface area (Å²) in [4.78, 5) is 24.0. The molecule has 0 unspecified atom stereocenters. The number of hydrogen-bond donors (Lipinski definition) is 2. The van der Waals surface area contributed by atoms with Gasteiger partial charge in [-0.3, -0.25) is 4.79 Å². The number of rotatable bonds is 3. The van der Waals surface area contributed by atoms with Gasteiger partial charge < -0.3 is 10.0 Å². The molecule has 16 heavy (non-hydrogen) atoms. The third-order valence-electron chi connectivity index (χ3n) is 2.52. The molecule has 1 saturated heterocycles. The van der Waals surface area contributed by atoms with Gasteiger partial charge in [0.25, 0.3) is 0 Å². The van der Waals surface area contributed by atoms with E-state index in [1.165, 1.54) is 4.90 Å². The fraction of sp³-hybridized carbons (Fsp3) is 0.778. The zero-order chi connectivity index (χ0) is 10.7. The highest BCUT2D eigenvalue weighted by molar-refractivity contribution is 7.80. The topological polar surface area (TPSA) is 57.6 Å². The molecule has 1 heterocycles. The van der Waals surface area contributed by atoms with E-state index < -0.39 is 12.0 Å². The molecule has 1 rings (SSSR count). The van der Waals surface area contributed by atoms with E-state index in [9.17, 15) is 9.59 Å². The molecule has 0 aliphatic carbocycles. The lowest BCUT2D eigenvalue weighted by Gasteiger charge is -2.24. The summed E-state index contributed by atoms with van der Waals surface area (Å²) in [5.41, 5.74) is 0. The quantitative estimate of drug-likeness (QED) is 0.774. The molecule has 1 N–H and O–H groups in total. The summed E-state index contributed by atoms with van der Waals surface area (Å²) in [6.45, 7) is 2.33. The molecule has 2 atom stereocenters. The van der Waals surface area contributed by atoms with Crippen LogP contribution in [-0.4, -0.2) is 40.2 Å².